The molecule has 8 nitrogen and oxygen atoms in total. The third kappa shape index (κ3) is 4.84. The normalized spacial score (nSPS) is 14.5. The summed E-state index contributed by atoms with van der Waals surface area (Å²) in [7, 11) is -3.55. The fourth-order valence-electron chi connectivity index (χ4n) is 4.46. The summed E-state index contributed by atoms with van der Waals surface area (Å²) in [6.45, 7) is 1.13. The molecule has 0 radical (unpaired) electrons. The maximum Gasteiger partial charge on any atom is 0.243 e. The molecule has 0 saturated carbocycles. The van der Waals surface area contributed by atoms with E-state index >= 15 is 0 Å². The maximum absolute atomic E-state index is 13.2. The maximum atomic E-state index is 13.2. The first kappa shape index (κ1) is 24.4. The number of fused-ring (bicyclic) bond motifs is 1. The van der Waals surface area contributed by atoms with E-state index in [1.54, 1.807) is 22.5 Å². The molecule has 1 aliphatic heterocycles. The molecule has 4 heterocycles. The first-order valence-electron chi connectivity index (χ1n) is 11.9. The summed E-state index contributed by atoms with van der Waals surface area (Å²) in [5.41, 5.74) is 3.39. The molecule has 0 N–H and O–H groups in total. The number of rotatable bonds is 7. The van der Waals surface area contributed by atoms with Crippen LogP contribution in [0.15, 0.2) is 93.6 Å². The molecule has 37 heavy (non-hydrogen) atoms. The Balaban J connectivity index is 1.36. The van der Waals surface area contributed by atoms with Crippen molar-refractivity contribution in [1.29, 1.82) is 0 Å². The predicted octanol–water partition coefficient (Wildman–Crippen LogP) is 5.42. The van der Waals surface area contributed by atoms with Crippen LogP contribution in [0.3, 0.4) is 0 Å². The van der Waals surface area contributed by atoms with Crippen molar-refractivity contribution in [2.24, 2.45) is 0 Å². The van der Waals surface area contributed by atoms with E-state index in [1.807, 2.05) is 69.9 Å². The lowest BCUT2D eigenvalue weighted by Gasteiger charge is -2.16. The first-order valence-corrected chi connectivity index (χ1v) is 15.1. The van der Waals surface area contributed by atoms with Crippen LogP contribution < -0.4 is 0 Å². The molecule has 0 amide bonds. The molecule has 1 saturated heterocycles. The van der Waals surface area contributed by atoms with Gasteiger partial charge in [0, 0.05) is 47.0 Å². The molecule has 188 valence electrons. The molecule has 1 fully saturated rings. The van der Waals surface area contributed by atoms with Crippen LogP contribution in [-0.4, -0.2) is 50.0 Å². The Hall–Kier alpha value is -2.99. The SMILES string of the molecule is O=S(=O)(c1cccc(-c2nnc(SCc3cn4cc(Br)ccc4n3)n2-c2ccccc2)c1)N1CCCC1. The highest BCUT2D eigenvalue weighted by atomic mass is 79.9. The van der Waals surface area contributed by atoms with Crippen LogP contribution in [-0.2, 0) is 15.8 Å². The van der Waals surface area contributed by atoms with Crippen molar-refractivity contribution in [2.75, 3.05) is 13.1 Å². The average Bonchev–Trinajstić information content (AvgIpc) is 3.68. The van der Waals surface area contributed by atoms with Crippen LogP contribution in [0.25, 0.3) is 22.7 Å². The van der Waals surface area contributed by atoms with Gasteiger partial charge in [-0.2, -0.15) is 4.31 Å². The lowest BCUT2D eigenvalue weighted by Crippen LogP contribution is -2.27. The van der Waals surface area contributed by atoms with E-state index in [-0.39, 0.29) is 4.90 Å². The number of halogens is 1. The molecule has 0 atom stereocenters. The third-order valence-electron chi connectivity index (χ3n) is 6.26. The van der Waals surface area contributed by atoms with Gasteiger partial charge >= 0.3 is 0 Å². The van der Waals surface area contributed by atoms with E-state index in [1.165, 1.54) is 11.8 Å². The summed E-state index contributed by atoms with van der Waals surface area (Å²) in [4.78, 5) is 4.98. The van der Waals surface area contributed by atoms with Crippen LogP contribution in [0.4, 0.5) is 0 Å². The van der Waals surface area contributed by atoms with E-state index < -0.39 is 10.0 Å². The summed E-state index contributed by atoms with van der Waals surface area (Å²) >= 11 is 5.03. The zero-order valence-corrected chi connectivity index (χ0v) is 23.0. The number of hydrogen-bond donors (Lipinski definition) is 0. The van der Waals surface area contributed by atoms with Gasteiger partial charge in [0.2, 0.25) is 10.0 Å². The standard InChI is InChI=1S/C26H23BrN6O2S2/c27-20-11-12-24-28-21(17-31(24)16-20)18-36-26-30-29-25(33(26)22-8-2-1-3-9-22)19-7-6-10-23(15-19)37(34,35)32-13-4-5-14-32/h1-3,6-12,15-17H,4-5,13-14,18H2. The van der Waals surface area contributed by atoms with Crippen LogP contribution in [0.1, 0.15) is 18.5 Å². The van der Waals surface area contributed by atoms with E-state index in [2.05, 4.69) is 26.1 Å². The summed E-state index contributed by atoms with van der Waals surface area (Å²) in [5.74, 6) is 1.19. The minimum atomic E-state index is -3.55. The van der Waals surface area contributed by atoms with Crippen molar-refractivity contribution in [1.82, 2.24) is 28.5 Å². The predicted molar refractivity (Wildman–Crippen MR) is 147 cm³/mol. The lowest BCUT2D eigenvalue weighted by molar-refractivity contribution is 0.477. The van der Waals surface area contributed by atoms with Crippen molar-refractivity contribution in [3.63, 3.8) is 0 Å². The largest absolute Gasteiger partial charge is 0.306 e. The number of pyridine rings is 1. The van der Waals surface area contributed by atoms with Crippen molar-refractivity contribution in [2.45, 2.75) is 28.6 Å². The summed E-state index contributed by atoms with van der Waals surface area (Å²) in [6.07, 6.45) is 5.77. The van der Waals surface area contributed by atoms with Gasteiger partial charge in [0.05, 0.1) is 10.6 Å². The van der Waals surface area contributed by atoms with Gasteiger partial charge in [-0.25, -0.2) is 13.4 Å². The average molecular weight is 596 g/mol. The molecule has 11 heteroatoms. The molecule has 2 aromatic carbocycles. The smallest absolute Gasteiger partial charge is 0.243 e. The van der Waals surface area contributed by atoms with Crippen LogP contribution in [0.5, 0.6) is 0 Å². The van der Waals surface area contributed by atoms with E-state index in [0.29, 0.717) is 35.4 Å². The van der Waals surface area contributed by atoms with Gasteiger partial charge < -0.3 is 4.40 Å². The topological polar surface area (TPSA) is 85.4 Å². The minimum Gasteiger partial charge on any atom is -0.306 e. The van der Waals surface area contributed by atoms with Crippen LogP contribution in [0.2, 0.25) is 0 Å². The Bertz CT molecular complexity index is 1680. The number of para-hydroxylation sites is 1. The Labute approximate surface area is 227 Å². The van der Waals surface area contributed by atoms with Crippen LogP contribution >= 0.6 is 27.7 Å². The van der Waals surface area contributed by atoms with Gasteiger partial charge in [0.15, 0.2) is 11.0 Å². The Morgan fingerprint density at radius 3 is 2.54 bits per heavy atom. The molecule has 0 spiro atoms. The third-order valence-corrected chi connectivity index (χ3v) is 9.58. The Morgan fingerprint density at radius 1 is 0.919 bits per heavy atom. The summed E-state index contributed by atoms with van der Waals surface area (Å²) in [6, 6.07) is 20.8. The second-order valence-corrected chi connectivity index (χ2v) is 12.5. The number of aromatic nitrogens is 5. The summed E-state index contributed by atoms with van der Waals surface area (Å²) in [5, 5.41) is 9.70. The second-order valence-electron chi connectivity index (χ2n) is 8.75. The van der Waals surface area contributed by atoms with Crippen LogP contribution in [0, 0.1) is 0 Å². The molecule has 5 aromatic rings. The molecule has 6 rings (SSSR count). The zero-order valence-electron chi connectivity index (χ0n) is 19.7. The van der Waals surface area contributed by atoms with Crippen molar-refractivity contribution in [3.05, 3.63) is 89.3 Å². The number of nitrogens with zero attached hydrogens (tertiary/aromatic N) is 6. The molecule has 0 aliphatic carbocycles. The number of hydrogen-bond acceptors (Lipinski definition) is 6. The van der Waals surface area contributed by atoms with E-state index in [9.17, 15) is 8.42 Å². The fraction of sp³-hybridized carbons (Fsp3) is 0.192. The van der Waals surface area contributed by atoms with E-state index in [0.717, 1.165) is 34.3 Å². The monoisotopic (exact) mass is 594 g/mol. The van der Waals surface area contributed by atoms with Gasteiger partial charge in [-0.05, 0) is 65.2 Å². The first-order chi connectivity index (χ1) is 18.0. The Kier molecular flexibility index (Phi) is 6.62. The van der Waals surface area contributed by atoms with Crippen molar-refractivity contribution < 1.29 is 8.42 Å². The quantitative estimate of drug-likeness (QED) is 0.234. The van der Waals surface area contributed by atoms with Crippen molar-refractivity contribution >= 4 is 43.4 Å². The zero-order chi connectivity index (χ0) is 25.4. The van der Waals surface area contributed by atoms with Gasteiger partial charge in [0.25, 0.3) is 0 Å². The lowest BCUT2D eigenvalue weighted by atomic mass is 10.2. The van der Waals surface area contributed by atoms with Crippen molar-refractivity contribution in [3.8, 4) is 17.1 Å². The van der Waals surface area contributed by atoms with Gasteiger partial charge in [-0.1, -0.05) is 42.1 Å². The molecule has 0 unspecified atom stereocenters. The second kappa shape index (κ2) is 10.1. The highest BCUT2D eigenvalue weighted by Crippen LogP contribution is 2.31. The molecule has 3 aromatic heterocycles. The van der Waals surface area contributed by atoms with Gasteiger partial charge in [0.1, 0.15) is 5.65 Å². The number of sulfonamides is 1. The molecular weight excluding hydrogens is 572 g/mol. The van der Waals surface area contributed by atoms with E-state index in [4.69, 9.17) is 4.98 Å². The highest BCUT2D eigenvalue weighted by Gasteiger charge is 2.28. The Morgan fingerprint density at radius 2 is 1.73 bits per heavy atom. The summed E-state index contributed by atoms with van der Waals surface area (Å²) < 4.78 is 32.9. The van der Waals surface area contributed by atoms with Gasteiger partial charge in [-0.3, -0.25) is 4.57 Å². The highest BCUT2D eigenvalue weighted by molar-refractivity contribution is 9.10. The number of thioether (sulfide) groups is 1. The molecule has 1 aliphatic rings. The minimum absolute atomic E-state index is 0.277. The molecule has 0 bridgehead atoms. The molecular formula is C26H23BrN6O2S2. The number of imidazole rings is 1. The number of benzene rings is 2. The fourth-order valence-corrected chi connectivity index (χ4v) is 7.21. The van der Waals surface area contributed by atoms with Gasteiger partial charge in [-0.15, -0.1) is 10.2 Å².